The van der Waals surface area contributed by atoms with Gasteiger partial charge in [-0.3, -0.25) is 9.55 Å². The van der Waals surface area contributed by atoms with Crippen LogP contribution in [0.25, 0.3) is 89.1 Å². The van der Waals surface area contributed by atoms with E-state index in [0.717, 1.165) is 77.9 Å². The van der Waals surface area contributed by atoms with Crippen LogP contribution in [0.4, 0.5) is 0 Å². The number of aromatic hydroxyl groups is 1. The molecular weight excluding hydrogens is 757 g/mol. The maximum absolute atomic E-state index is 11.4. The lowest BCUT2D eigenvalue weighted by molar-refractivity contribution is 0.477. The molecule has 11 rings (SSSR count). The lowest BCUT2D eigenvalue weighted by Crippen LogP contribution is -2.19. The molecule has 0 bridgehead atoms. The number of fused-ring (bicyclic) bond motifs is 4. The third-order valence-corrected chi connectivity index (χ3v) is 12.4. The van der Waals surface area contributed by atoms with Crippen LogP contribution in [0, 0.1) is 0 Å². The quantitative estimate of drug-likeness (QED) is 0.167. The highest BCUT2D eigenvalue weighted by Gasteiger charge is 2.27. The van der Waals surface area contributed by atoms with Gasteiger partial charge in [0.2, 0.25) is 0 Å². The van der Waals surface area contributed by atoms with Crippen molar-refractivity contribution in [3.63, 3.8) is 0 Å². The molecule has 296 valence electrons. The topological polar surface area (TPSA) is 55.9 Å². The van der Waals surface area contributed by atoms with Crippen LogP contribution in [-0.2, 0) is 5.41 Å². The minimum Gasteiger partial charge on any atom is -0.507 e. The summed E-state index contributed by atoms with van der Waals surface area (Å²) in [5.74, 6) is 0.837. The second-order valence-electron chi connectivity index (χ2n) is 16.4. The van der Waals surface area contributed by atoms with Crippen molar-refractivity contribution in [1.29, 1.82) is 0 Å². The highest BCUT2D eigenvalue weighted by Crippen LogP contribution is 2.43. The highest BCUT2D eigenvalue weighted by molar-refractivity contribution is 6.10. The van der Waals surface area contributed by atoms with Gasteiger partial charge in [-0.1, -0.05) is 159 Å². The molecule has 0 spiro atoms. The Morgan fingerprint density at radius 3 is 1.87 bits per heavy atom. The van der Waals surface area contributed by atoms with E-state index in [1.165, 1.54) is 10.9 Å². The molecular formula is C57H42N4O. The summed E-state index contributed by atoms with van der Waals surface area (Å²) in [4.78, 5) is 10.7. The monoisotopic (exact) mass is 798 g/mol. The van der Waals surface area contributed by atoms with Gasteiger partial charge in [0.15, 0.2) is 0 Å². The van der Waals surface area contributed by atoms with Gasteiger partial charge in [0, 0.05) is 38.6 Å². The molecule has 0 aliphatic rings. The van der Waals surface area contributed by atoms with Gasteiger partial charge >= 0.3 is 0 Å². The predicted molar refractivity (Wildman–Crippen MR) is 255 cm³/mol. The zero-order valence-corrected chi connectivity index (χ0v) is 34.4. The van der Waals surface area contributed by atoms with E-state index in [9.17, 15) is 5.11 Å². The van der Waals surface area contributed by atoms with Gasteiger partial charge in [-0.15, -0.1) is 0 Å². The Labute approximate surface area is 360 Å². The predicted octanol–water partition coefficient (Wildman–Crippen LogP) is 14.2. The first-order valence-electron chi connectivity index (χ1n) is 21.1. The Hall–Kier alpha value is -8.02. The van der Waals surface area contributed by atoms with E-state index >= 15 is 0 Å². The average molecular weight is 799 g/mol. The molecule has 5 heteroatoms. The van der Waals surface area contributed by atoms with Crippen LogP contribution < -0.4 is 0 Å². The number of para-hydroxylation sites is 5. The van der Waals surface area contributed by atoms with E-state index in [1.807, 2.05) is 30.5 Å². The van der Waals surface area contributed by atoms with Crippen LogP contribution in [0.1, 0.15) is 25.0 Å². The summed E-state index contributed by atoms with van der Waals surface area (Å²) in [6, 6.07) is 71.7. The van der Waals surface area contributed by atoms with Gasteiger partial charge in [-0.05, 0) is 82.9 Å². The summed E-state index contributed by atoms with van der Waals surface area (Å²) in [7, 11) is 0. The molecule has 0 saturated carbocycles. The molecule has 3 heterocycles. The van der Waals surface area contributed by atoms with Gasteiger partial charge in [-0.2, -0.15) is 0 Å². The number of phenolic OH excluding ortho intramolecular Hbond substituents is 1. The van der Waals surface area contributed by atoms with E-state index in [0.29, 0.717) is 11.4 Å². The highest BCUT2D eigenvalue weighted by atomic mass is 16.3. The van der Waals surface area contributed by atoms with E-state index in [-0.39, 0.29) is 11.2 Å². The lowest BCUT2D eigenvalue weighted by atomic mass is 9.76. The molecule has 3 aromatic heterocycles. The fourth-order valence-corrected chi connectivity index (χ4v) is 9.14. The van der Waals surface area contributed by atoms with Crippen LogP contribution in [0.15, 0.2) is 212 Å². The van der Waals surface area contributed by atoms with E-state index in [4.69, 9.17) is 9.97 Å². The van der Waals surface area contributed by atoms with Crippen molar-refractivity contribution < 1.29 is 5.11 Å². The second kappa shape index (κ2) is 14.9. The molecule has 0 amide bonds. The summed E-state index contributed by atoms with van der Waals surface area (Å²) in [5.41, 5.74) is 14.9. The third-order valence-electron chi connectivity index (χ3n) is 12.4. The number of aromatic nitrogens is 4. The molecule has 0 fully saturated rings. The standard InChI is InChI=1S/C57H42N4O/c1-57(2,41-21-8-4-9-22-41)42-34-39(33-40(35-42)49-36-48-46-26-13-16-30-51(46)60(53(48)37-58-49)43-23-10-5-11-24-43)45-28-18-31-52-55(45)59-56(47-27-14-17-32-54(47)62)61(52)50-29-15-12-25-44(50)38-19-6-3-7-20-38/h3-37,62H,1-2H3. The molecule has 5 nitrogen and oxygen atoms in total. The van der Waals surface area contributed by atoms with Gasteiger partial charge < -0.3 is 9.67 Å². The molecule has 0 aliphatic carbocycles. The molecule has 11 aromatic rings. The number of hydrogen-bond acceptors (Lipinski definition) is 3. The van der Waals surface area contributed by atoms with Crippen LogP contribution in [0.3, 0.4) is 0 Å². The first-order valence-corrected chi connectivity index (χ1v) is 21.1. The van der Waals surface area contributed by atoms with Gasteiger partial charge in [-0.25, -0.2) is 4.98 Å². The van der Waals surface area contributed by atoms with Gasteiger partial charge in [0.05, 0.1) is 45.2 Å². The summed E-state index contributed by atoms with van der Waals surface area (Å²) < 4.78 is 4.50. The minimum absolute atomic E-state index is 0.173. The minimum atomic E-state index is -0.345. The average Bonchev–Trinajstić information content (AvgIpc) is 3.88. The Morgan fingerprint density at radius 1 is 0.452 bits per heavy atom. The molecule has 0 aliphatic heterocycles. The molecule has 62 heavy (non-hydrogen) atoms. The number of rotatable bonds is 8. The number of imidazole rings is 1. The smallest absolute Gasteiger partial charge is 0.149 e. The lowest BCUT2D eigenvalue weighted by Gasteiger charge is -2.27. The van der Waals surface area contributed by atoms with Crippen molar-refractivity contribution in [3.8, 4) is 62.0 Å². The second-order valence-corrected chi connectivity index (χ2v) is 16.4. The zero-order chi connectivity index (χ0) is 41.8. The Bertz CT molecular complexity index is 3440. The van der Waals surface area contributed by atoms with Crippen LogP contribution in [-0.4, -0.2) is 24.2 Å². The van der Waals surface area contributed by atoms with Crippen molar-refractivity contribution in [3.05, 3.63) is 224 Å². The number of phenols is 1. The number of benzene rings is 8. The maximum atomic E-state index is 11.4. The van der Waals surface area contributed by atoms with Gasteiger partial charge in [0.1, 0.15) is 11.6 Å². The van der Waals surface area contributed by atoms with Crippen molar-refractivity contribution in [2.75, 3.05) is 0 Å². The van der Waals surface area contributed by atoms with Gasteiger partial charge in [0.25, 0.3) is 0 Å². The van der Waals surface area contributed by atoms with Crippen LogP contribution in [0.5, 0.6) is 5.75 Å². The number of pyridine rings is 1. The number of nitrogens with zero attached hydrogens (tertiary/aromatic N) is 4. The first kappa shape index (κ1) is 37.0. The summed E-state index contributed by atoms with van der Waals surface area (Å²) in [5, 5.41) is 13.7. The summed E-state index contributed by atoms with van der Waals surface area (Å²) in [6.45, 7) is 4.59. The van der Waals surface area contributed by atoms with Crippen molar-refractivity contribution in [2.24, 2.45) is 0 Å². The Kier molecular flexibility index (Phi) is 8.90. The van der Waals surface area contributed by atoms with E-state index < -0.39 is 0 Å². The normalized spacial score (nSPS) is 11.8. The Morgan fingerprint density at radius 2 is 1.08 bits per heavy atom. The maximum Gasteiger partial charge on any atom is 0.149 e. The van der Waals surface area contributed by atoms with Crippen molar-refractivity contribution in [1.82, 2.24) is 19.1 Å². The molecule has 8 aromatic carbocycles. The fourth-order valence-electron chi connectivity index (χ4n) is 9.14. The van der Waals surface area contributed by atoms with Crippen LogP contribution >= 0.6 is 0 Å². The molecule has 0 radical (unpaired) electrons. The van der Waals surface area contributed by atoms with Crippen molar-refractivity contribution in [2.45, 2.75) is 19.3 Å². The molecule has 0 atom stereocenters. The van der Waals surface area contributed by atoms with E-state index in [2.05, 4.69) is 199 Å². The molecule has 0 unspecified atom stereocenters. The SMILES string of the molecule is CC(C)(c1ccccc1)c1cc(-c2cc3c4ccccc4n(-c4ccccc4)c3cn2)cc(-c2cccc3c2nc(-c2ccccc2O)n3-c2ccccc2-c2ccccc2)c1. The largest absolute Gasteiger partial charge is 0.507 e. The zero-order valence-electron chi connectivity index (χ0n) is 34.4. The summed E-state index contributed by atoms with van der Waals surface area (Å²) >= 11 is 0. The van der Waals surface area contributed by atoms with Crippen molar-refractivity contribution >= 4 is 32.8 Å². The van der Waals surface area contributed by atoms with E-state index in [1.54, 1.807) is 6.07 Å². The molecule has 0 saturated heterocycles. The summed E-state index contributed by atoms with van der Waals surface area (Å²) in [6.07, 6.45) is 2.03. The third kappa shape index (κ3) is 6.17. The fraction of sp³-hybridized carbons (Fsp3) is 0.0526. The van der Waals surface area contributed by atoms with Crippen LogP contribution in [0.2, 0.25) is 0 Å². The number of hydrogen-bond donors (Lipinski definition) is 1. The Balaban J connectivity index is 1.17. The first-order chi connectivity index (χ1) is 30.4. The molecule has 1 N–H and O–H groups in total.